The number of nitrogens with one attached hydrogen (secondary N) is 1. The van der Waals surface area contributed by atoms with Crippen LogP contribution >= 0.6 is 23.2 Å². The molecule has 0 spiro atoms. The largest absolute Gasteiger partial charge is 0.309 e. The number of hydrogen-bond acceptors (Lipinski definition) is 1. The van der Waals surface area contributed by atoms with E-state index in [1.165, 1.54) is 12.0 Å². The summed E-state index contributed by atoms with van der Waals surface area (Å²) in [4.78, 5) is 0. The third kappa shape index (κ3) is 2.94. The molecule has 2 atom stereocenters. The van der Waals surface area contributed by atoms with Crippen LogP contribution in [0, 0.1) is 0 Å². The molecule has 1 aliphatic rings. The first kappa shape index (κ1) is 13.0. The van der Waals surface area contributed by atoms with Crippen molar-refractivity contribution in [3.05, 3.63) is 69.7 Å². The van der Waals surface area contributed by atoms with Crippen molar-refractivity contribution in [3.63, 3.8) is 0 Å². The predicted molar refractivity (Wildman–Crippen MR) is 80.9 cm³/mol. The van der Waals surface area contributed by atoms with Gasteiger partial charge in [0.05, 0.1) is 0 Å². The van der Waals surface area contributed by atoms with Crippen molar-refractivity contribution in [1.29, 1.82) is 0 Å². The van der Waals surface area contributed by atoms with Crippen molar-refractivity contribution in [2.24, 2.45) is 0 Å². The SMILES string of the molecule is Clc1cccc(Cl)c1CNC1CC1c1ccccc1. The highest BCUT2D eigenvalue weighted by Crippen LogP contribution is 2.41. The Balaban J connectivity index is 1.60. The Labute approximate surface area is 123 Å². The lowest BCUT2D eigenvalue weighted by Crippen LogP contribution is -2.17. The van der Waals surface area contributed by atoms with Crippen LogP contribution in [0.4, 0.5) is 0 Å². The van der Waals surface area contributed by atoms with Gasteiger partial charge in [-0.3, -0.25) is 0 Å². The van der Waals surface area contributed by atoms with Gasteiger partial charge >= 0.3 is 0 Å². The molecular formula is C16H15Cl2N. The number of rotatable bonds is 4. The Morgan fingerprint density at radius 3 is 2.32 bits per heavy atom. The molecule has 3 rings (SSSR count). The van der Waals surface area contributed by atoms with Gasteiger partial charge in [-0.1, -0.05) is 59.6 Å². The zero-order valence-electron chi connectivity index (χ0n) is 10.4. The topological polar surface area (TPSA) is 12.0 Å². The lowest BCUT2D eigenvalue weighted by molar-refractivity contribution is 0.673. The third-order valence-corrected chi connectivity index (χ3v) is 4.33. The number of hydrogen-bond donors (Lipinski definition) is 1. The van der Waals surface area contributed by atoms with Crippen LogP contribution in [0.15, 0.2) is 48.5 Å². The molecule has 0 heterocycles. The second-order valence-corrected chi connectivity index (χ2v) is 5.75. The minimum absolute atomic E-state index is 0.537. The van der Waals surface area contributed by atoms with Crippen LogP contribution in [0.3, 0.4) is 0 Å². The molecule has 1 saturated carbocycles. The molecule has 1 nitrogen and oxygen atoms in total. The highest BCUT2D eigenvalue weighted by molar-refractivity contribution is 6.35. The summed E-state index contributed by atoms with van der Waals surface area (Å²) in [5.41, 5.74) is 2.40. The molecule has 0 radical (unpaired) electrons. The lowest BCUT2D eigenvalue weighted by Gasteiger charge is -2.08. The van der Waals surface area contributed by atoms with E-state index in [0.29, 0.717) is 12.0 Å². The highest BCUT2D eigenvalue weighted by atomic mass is 35.5. The molecule has 19 heavy (non-hydrogen) atoms. The summed E-state index contributed by atoms with van der Waals surface area (Å²) in [7, 11) is 0. The Morgan fingerprint density at radius 1 is 0.947 bits per heavy atom. The van der Waals surface area contributed by atoms with Crippen LogP contribution in [0.2, 0.25) is 10.0 Å². The van der Waals surface area contributed by atoms with Crippen molar-refractivity contribution >= 4 is 23.2 Å². The van der Waals surface area contributed by atoms with Crippen LogP contribution in [0.25, 0.3) is 0 Å². The van der Waals surface area contributed by atoms with Crippen LogP contribution in [-0.4, -0.2) is 6.04 Å². The van der Waals surface area contributed by atoms with Gasteiger partial charge in [0, 0.05) is 34.1 Å². The fourth-order valence-corrected chi connectivity index (χ4v) is 2.95. The first-order chi connectivity index (χ1) is 9.25. The van der Waals surface area contributed by atoms with Gasteiger partial charge in [0.25, 0.3) is 0 Å². The minimum Gasteiger partial charge on any atom is -0.309 e. The smallest absolute Gasteiger partial charge is 0.0465 e. The molecule has 0 aliphatic heterocycles. The van der Waals surface area contributed by atoms with Gasteiger partial charge in [0.1, 0.15) is 0 Å². The van der Waals surface area contributed by atoms with Gasteiger partial charge < -0.3 is 5.32 Å². The standard InChI is InChI=1S/C16H15Cl2N/c17-14-7-4-8-15(18)13(14)10-19-16-9-12(16)11-5-2-1-3-6-11/h1-8,12,16,19H,9-10H2. The quantitative estimate of drug-likeness (QED) is 0.865. The lowest BCUT2D eigenvalue weighted by atomic mass is 10.1. The first-order valence-corrected chi connectivity index (χ1v) is 7.22. The van der Waals surface area contributed by atoms with Crippen molar-refractivity contribution in [3.8, 4) is 0 Å². The summed E-state index contributed by atoms with van der Waals surface area (Å²) >= 11 is 12.3. The molecule has 0 saturated heterocycles. The summed E-state index contributed by atoms with van der Waals surface area (Å²) < 4.78 is 0. The Bertz CT molecular complexity index is 548. The summed E-state index contributed by atoms with van der Waals surface area (Å²) in [6.45, 7) is 0.729. The van der Waals surface area contributed by atoms with Crippen molar-refractivity contribution in [2.75, 3.05) is 0 Å². The normalized spacial score (nSPS) is 21.4. The molecule has 1 fully saturated rings. The van der Waals surface area contributed by atoms with E-state index in [0.717, 1.165) is 22.2 Å². The van der Waals surface area contributed by atoms with Gasteiger partial charge in [-0.2, -0.15) is 0 Å². The molecule has 1 N–H and O–H groups in total. The maximum atomic E-state index is 6.16. The zero-order chi connectivity index (χ0) is 13.2. The minimum atomic E-state index is 0.537. The summed E-state index contributed by atoms with van der Waals surface area (Å²) in [6, 6.07) is 16.8. The van der Waals surface area contributed by atoms with Crippen LogP contribution in [0.5, 0.6) is 0 Å². The van der Waals surface area contributed by atoms with E-state index < -0.39 is 0 Å². The van der Waals surface area contributed by atoms with E-state index in [-0.39, 0.29) is 0 Å². The maximum absolute atomic E-state index is 6.16. The average molecular weight is 292 g/mol. The molecule has 0 amide bonds. The van der Waals surface area contributed by atoms with E-state index in [1.807, 2.05) is 18.2 Å². The molecule has 2 unspecified atom stereocenters. The van der Waals surface area contributed by atoms with Gasteiger partial charge in [0.2, 0.25) is 0 Å². The molecule has 1 aliphatic carbocycles. The van der Waals surface area contributed by atoms with Gasteiger partial charge in [0.15, 0.2) is 0 Å². The summed E-state index contributed by atoms with van der Waals surface area (Å²) in [6.07, 6.45) is 1.19. The second-order valence-electron chi connectivity index (χ2n) is 4.94. The fourth-order valence-electron chi connectivity index (χ4n) is 2.42. The van der Waals surface area contributed by atoms with Crippen LogP contribution in [0.1, 0.15) is 23.5 Å². The first-order valence-electron chi connectivity index (χ1n) is 6.47. The van der Waals surface area contributed by atoms with Gasteiger partial charge in [-0.05, 0) is 24.1 Å². The monoisotopic (exact) mass is 291 g/mol. The van der Waals surface area contributed by atoms with E-state index in [4.69, 9.17) is 23.2 Å². The maximum Gasteiger partial charge on any atom is 0.0465 e. The van der Waals surface area contributed by atoms with E-state index in [1.54, 1.807) is 0 Å². The molecule has 0 aromatic heterocycles. The van der Waals surface area contributed by atoms with E-state index >= 15 is 0 Å². The molecular weight excluding hydrogens is 277 g/mol. The molecule has 2 aromatic carbocycles. The van der Waals surface area contributed by atoms with Crippen molar-refractivity contribution < 1.29 is 0 Å². The highest BCUT2D eigenvalue weighted by Gasteiger charge is 2.37. The average Bonchev–Trinajstić information content (AvgIpc) is 3.19. The Kier molecular flexibility index (Phi) is 3.79. The van der Waals surface area contributed by atoms with Crippen LogP contribution < -0.4 is 5.32 Å². The van der Waals surface area contributed by atoms with E-state index in [9.17, 15) is 0 Å². The fraction of sp³-hybridized carbons (Fsp3) is 0.250. The van der Waals surface area contributed by atoms with E-state index in [2.05, 4.69) is 35.6 Å². The van der Waals surface area contributed by atoms with Crippen molar-refractivity contribution in [2.45, 2.75) is 24.9 Å². The summed E-state index contributed by atoms with van der Waals surface area (Å²) in [5, 5.41) is 5.00. The van der Waals surface area contributed by atoms with Crippen molar-refractivity contribution in [1.82, 2.24) is 5.32 Å². The molecule has 0 bridgehead atoms. The molecule has 2 aromatic rings. The second kappa shape index (κ2) is 5.54. The molecule has 98 valence electrons. The Hall–Kier alpha value is -1.02. The zero-order valence-corrected chi connectivity index (χ0v) is 12.0. The summed E-state index contributed by atoms with van der Waals surface area (Å²) in [5.74, 6) is 0.627. The Morgan fingerprint density at radius 2 is 1.63 bits per heavy atom. The number of benzene rings is 2. The number of halogens is 2. The molecule has 3 heteroatoms. The predicted octanol–water partition coefficient (Wildman–Crippen LogP) is 4.64. The van der Waals surface area contributed by atoms with Gasteiger partial charge in [-0.15, -0.1) is 0 Å². The van der Waals surface area contributed by atoms with Gasteiger partial charge in [-0.25, -0.2) is 0 Å². The van der Waals surface area contributed by atoms with Crippen LogP contribution in [-0.2, 0) is 6.54 Å². The third-order valence-electron chi connectivity index (χ3n) is 3.62.